The number of benzene rings is 2. The van der Waals surface area contributed by atoms with Crippen LogP contribution in [0.2, 0.25) is 0 Å². The van der Waals surface area contributed by atoms with Crippen molar-refractivity contribution in [2.24, 2.45) is 0 Å². The topological polar surface area (TPSA) is 68.5 Å². The maximum absolute atomic E-state index is 10.5. The second-order valence-corrected chi connectivity index (χ2v) is 6.52. The lowest BCUT2D eigenvalue weighted by Crippen LogP contribution is -2.41. The smallest absolute Gasteiger partial charge is 0.144 e. The van der Waals surface area contributed by atoms with E-state index < -0.39 is 6.10 Å². The van der Waals surface area contributed by atoms with Gasteiger partial charge in [0, 0.05) is 24.3 Å². The van der Waals surface area contributed by atoms with Crippen molar-refractivity contribution in [3.05, 3.63) is 42.7 Å². The molecular weight excluding hydrogens is 401 g/mol. The third-order valence-electron chi connectivity index (χ3n) is 5.07. The van der Waals surface area contributed by atoms with Crippen LogP contribution in [0.4, 0.5) is 0 Å². The van der Waals surface area contributed by atoms with Crippen molar-refractivity contribution in [3.63, 3.8) is 0 Å². The summed E-state index contributed by atoms with van der Waals surface area (Å²) < 4.78 is 13.1. The summed E-state index contributed by atoms with van der Waals surface area (Å²) in [7, 11) is 3.32. The second-order valence-electron chi connectivity index (χ2n) is 6.52. The molecule has 0 amide bonds. The fourth-order valence-corrected chi connectivity index (χ4v) is 3.73. The first-order valence-corrected chi connectivity index (χ1v) is 8.79. The Labute approximate surface area is 176 Å². The molecule has 3 aromatic rings. The molecule has 1 fully saturated rings. The van der Waals surface area contributed by atoms with Crippen LogP contribution < -0.4 is 14.8 Å². The average molecular weight is 426 g/mol. The van der Waals surface area contributed by atoms with Gasteiger partial charge in [-0.1, -0.05) is 12.1 Å². The van der Waals surface area contributed by atoms with Gasteiger partial charge in [0.15, 0.2) is 0 Å². The van der Waals surface area contributed by atoms with E-state index in [1.807, 2.05) is 36.5 Å². The van der Waals surface area contributed by atoms with E-state index in [1.54, 1.807) is 20.4 Å². The number of aliphatic hydroxyl groups excluding tert-OH is 1. The maximum Gasteiger partial charge on any atom is 0.144 e. The Kier molecular flexibility index (Phi) is 7.55. The van der Waals surface area contributed by atoms with Crippen molar-refractivity contribution in [1.29, 1.82) is 0 Å². The van der Waals surface area contributed by atoms with Gasteiger partial charge in [0.1, 0.15) is 17.3 Å². The van der Waals surface area contributed by atoms with Crippen molar-refractivity contribution in [1.82, 2.24) is 14.9 Å². The lowest BCUT2D eigenvalue weighted by Gasteiger charge is -2.30. The van der Waals surface area contributed by atoms with Crippen LogP contribution in [0.25, 0.3) is 22.2 Å². The van der Waals surface area contributed by atoms with Crippen molar-refractivity contribution >= 4 is 35.6 Å². The first-order chi connectivity index (χ1) is 12.7. The summed E-state index contributed by atoms with van der Waals surface area (Å²) >= 11 is 0. The van der Waals surface area contributed by atoms with Gasteiger partial charge in [-0.2, -0.15) is 0 Å². The second kappa shape index (κ2) is 9.47. The number of piperidine rings is 1. The molecule has 8 heteroatoms. The van der Waals surface area contributed by atoms with Gasteiger partial charge in [-0.3, -0.25) is 0 Å². The fraction of sp³-hybridized carbons (Fsp3) is 0.350. The molecule has 1 saturated heterocycles. The van der Waals surface area contributed by atoms with E-state index in [0.717, 1.165) is 46.6 Å². The third-order valence-corrected chi connectivity index (χ3v) is 5.07. The Hall–Kier alpha value is -1.99. The molecule has 0 radical (unpaired) electrons. The molecule has 0 spiro atoms. The van der Waals surface area contributed by atoms with Gasteiger partial charge in [-0.15, -0.1) is 24.8 Å². The molecule has 0 saturated carbocycles. The lowest BCUT2D eigenvalue weighted by atomic mass is 10.00. The highest BCUT2D eigenvalue weighted by atomic mass is 35.5. The van der Waals surface area contributed by atoms with Gasteiger partial charge in [-0.25, -0.2) is 4.98 Å². The number of fused-ring (bicyclic) bond motifs is 1. The molecule has 0 aliphatic carbocycles. The number of hydrogen-bond acceptors (Lipinski definition) is 5. The van der Waals surface area contributed by atoms with Crippen LogP contribution in [0, 0.1) is 0 Å². The summed E-state index contributed by atoms with van der Waals surface area (Å²) in [5, 5.41) is 15.8. The number of ether oxygens (including phenoxy) is 2. The fourth-order valence-electron chi connectivity index (χ4n) is 3.73. The van der Waals surface area contributed by atoms with E-state index in [2.05, 4.69) is 14.9 Å². The summed E-state index contributed by atoms with van der Waals surface area (Å²) in [5.74, 6) is 2.33. The first kappa shape index (κ1) is 22.3. The molecule has 2 aromatic carbocycles. The Bertz CT molecular complexity index is 927. The molecule has 0 unspecified atom stereocenters. The number of rotatable bonds is 4. The quantitative estimate of drug-likeness (QED) is 0.669. The minimum atomic E-state index is -0.452. The maximum atomic E-state index is 10.5. The molecular formula is C20H25Cl2N3O3. The van der Waals surface area contributed by atoms with Crippen LogP contribution in [0.5, 0.6) is 11.5 Å². The summed E-state index contributed by atoms with van der Waals surface area (Å²) in [6.45, 7) is 1.46. The van der Waals surface area contributed by atoms with Crippen molar-refractivity contribution in [2.45, 2.75) is 18.6 Å². The molecule has 152 valence electrons. The van der Waals surface area contributed by atoms with Gasteiger partial charge in [-0.05, 0) is 36.6 Å². The molecule has 28 heavy (non-hydrogen) atoms. The van der Waals surface area contributed by atoms with Crippen molar-refractivity contribution in [2.75, 3.05) is 27.3 Å². The highest BCUT2D eigenvalue weighted by Gasteiger charge is 2.27. The molecule has 1 aliphatic heterocycles. The van der Waals surface area contributed by atoms with Crippen LogP contribution in [0.15, 0.2) is 42.7 Å². The zero-order valence-electron chi connectivity index (χ0n) is 15.8. The van der Waals surface area contributed by atoms with Gasteiger partial charge >= 0.3 is 0 Å². The van der Waals surface area contributed by atoms with Crippen molar-refractivity contribution < 1.29 is 14.6 Å². The number of methoxy groups -OCH3 is 2. The van der Waals surface area contributed by atoms with E-state index in [0.29, 0.717) is 6.54 Å². The Morgan fingerprint density at radius 2 is 1.93 bits per heavy atom. The van der Waals surface area contributed by atoms with Gasteiger partial charge in [0.25, 0.3) is 0 Å². The zero-order chi connectivity index (χ0) is 18.1. The molecule has 2 heterocycles. The van der Waals surface area contributed by atoms with Crippen LogP contribution in [-0.2, 0) is 0 Å². The number of hydrogen-bond donors (Lipinski definition) is 2. The number of β-amino-alcohol motifs (C(OH)–C–C–N with tert-alkyl or cyclic N) is 1. The molecule has 0 bridgehead atoms. The summed E-state index contributed by atoms with van der Waals surface area (Å²) in [6.07, 6.45) is 4.11. The highest BCUT2D eigenvalue weighted by Crippen LogP contribution is 2.39. The summed E-state index contributed by atoms with van der Waals surface area (Å²) in [6, 6.07) is 9.96. The minimum absolute atomic E-state index is 0. The van der Waals surface area contributed by atoms with Gasteiger partial charge in [0.05, 0.1) is 31.9 Å². The number of nitrogens with zero attached hydrogens (tertiary/aromatic N) is 2. The molecule has 2 atom stereocenters. The van der Waals surface area contributed by atoms with Gasteiger partial charge < -0.3 is 24.5 Å². The number of aliphatic hydroxyl groups is 1. The summed E-state index contributed by atoms with van der Waals surface area (Å²) in [4.78, 5) is 4.62. The largest absolute Gasteiger partial charge is 0.497 e. The van der Waals surface area contributed by atoms with Crippen molar-refractivity contribution in [3.8, 4) is 22.9 Å². The molecule has 6 nitrogen and oxygen atoms in total. The standard InChI is InChI=1S/C20H23N3O3.2ClH/c1-25-14-5-3-13-4-6-18(26-2)19(15(13)11-14)20-22-9-10-23(20)16-7-8-21-12-17(16)24;;/h3-6,9-11,16-17,21,24H,7-8,12H2,1-2H3;2*1H/t16-,17-;;/m0../s1. The van der Waals surface area contributed by atoms with Crippen LogP contribution >= 0.6 is 24.8 Å². The van der Waals surface area contributed by atoms with E-state index in [9.17, 15) is 5.11 Å². The lowest BCUT2D eigenvalue weighted by molar-refractivity contribution is 0.0880. The number of halogens is 2. The Morgan fingerprint density at radius 3 is 2.64 bits per heavy atom. The van der Waals surface area contributed by atoms with Crippen LogP contribution in [-0.4, -0.2) is 48.1 Å². The van der Waals surface area contributed by atoms with Crippen LogP contribution in [0.1, 0.15) is 12.5 Å². The summed E-state index contributed by atoms with van der Waals surface area (Å²) in [5.41, 5.74) is 0.916. The highest BCUT2D eigenvalue weighted by molar-refractivity contribution is 5.99. The van der Waals surface area contributed by atoms with E-state index in [1.165, 1.54) is 0 Å². The van der Waals surface area contributed by atoms with Gasteiger partial charge in [0.2, 0.25) is 0 Å². The van der Waals surface area contributed by atoms with E-state index in [-0.39, 0.29) is 30.9 Å². The SMILES string of the molecule is COc1ccc2ccc(OC)c(-c3nccn3[C@H]3CCNC[C@@H]3O)c2c1.Cl.Cl. The average Bonchev–Trinajstić information content (AvgIpc) is 3.15. The molecule has 2 N–H and O–H groups in total. The molecule has 1 aromatic heterocycles. The molecule has 4 rings (SSSR count). The number of nitrogens with one attached hydrogen (secondary N) is 1. The predicted molar refractivity (Wildman–Crippen MR) is 115 cm³/mol. The number of aromatic nitrogens is 2. The first-order valence-electron chi connectivity index (χ1n) is 8.79. The zero-order valence-corrected chi connectivity index (χ0v) is 17.4. The van der Waals surface area contributed by atoms with E-state index in [4.69, 9.17) is 9.47 Å². The van der Waals surface area contributed by atoms with E-state index >= 15 is 0 Å². The Balaban J connectivity index is 0.00000140. The minimum Gasteiger partial charge on any atom is -0.497 e. The van der Waals surface area contributed by atoms with Crippen LogP contribution in [0.3, 0.4) is 0 Å². The third kappa shape index (κ3) is 3.91. The molecule has 1 aliphatic rings. The number of imidazole rings is 1. The monoisotopic (exact) mass is 425 g/mol. The Morgan fingerprint density at radius 1 is 1.14 bits per heavy atom. The normalized spacial score (nSPS) is 18.8. The predicted octanol–water partition coefficient (Wildman–Crippen LogP) is 3.46.